The lowest BCUT2D eigenvalue weighted by Gasteiger charge is -2.02. The number of thiazole rings is 1. The van der Waals surface area contributed by atoms with Crippen LogP contribution < -0.4 is 0 Å². The van der Waals surface area contributed by atoms with Crippen molar-refractivity contribution in [3.63, 3.8) is 0 Å². The minimum Gasteiger partial charge on any atom is -0.291 e. The van der Waals surface area contributed by atoms with E-state index in [0.29, 0.717) is 21.6 Å². The molecule has 0 aliphatic rings. The van der Waals surface area contributed by atoms with Crippen LogP contribution in [0.5, 0.6) is 0 Å². The Balaban J connectivity index is 1.58. The van der Waals surface area contributed by atoms with Gasteiger partial charge in [-0.25, -0.2) is 4.98 Å². The van der Waals surface area contributed by atoms with Gasteiger partial charge in [0.1, 0.15) is 0 Å². The summed E-state index contributed by atoms with van der Waals surface area (Å²) in [6, 6.07) is 13.4. The van der Waals surface area contributed by atoms with Crippen molar-refractivity contribution in [3.05, 3.63) is 80.4 Å². The van der Waals surface area contributed by atoms with Gasteiger partial charge in [-0.05, 0) is 36.2 Å². The summed E-state index contributed by atoms with van der Waals surface area (Å²) in [5.41, 5.74) is 3.98. The number of nitrogens with zero attached hydrogens (tertiary/aromatic N) is 3. The zero-order valence-corrected chi connectivity index (χ0v) is 17.2. The van der Waals surface area contributed by atoms with Crippen molar-refractivity contribution in [2.45, 2.75) is 6.42 Å². The molecule has 0 fully saturated rings. The van der Waals surface area contributed by atoms with Crippen molar-refractivity contribution in [1.29, 1.82) is 0 Å². The lowest BCUT2D eigenvalue weighted by molar-refractivity contribution is 0.972. The first-order valence-electron chi connectivity index (χ1n) is 8.27. The van der Waals surface area contributed by atoms with Gasteiger partial charge in [0, 0.05) is 34.9 Å². The summed E-state index contributed by atoms with van der Waals surface area (Å²) in [7, 11) is 0. The van der Waals surface area contributed by atoms with Gasteiger partial charge in [-0.15, -0.1) is 11.3 Å². The van der Waals surface area contributed by atoms with Gasteiger partial charge in [0.05, 0.1) is 21.4 Å². The third-order valence-electron chi connectivity index (χ3n) is 4.14. The van der Waals surface area contributed by atoms with E-state index < -0.39 is 0 Å². The Labute approximate surface area is 175 Å². The van der Waals surface area contributed by atoms with Crippen LogP contribution in [0.15, 0.2) is 59.0 Å². The van der Waals surface area contributed by atoms with E-state index in [1.54, 1.807) is 11.3 Å². The molecule has 0 spiro atoms. The van der Waals surface area contributed by atoms with E-state index in [4.69, 9.17) is 39.8 Å². The van der Waals surface area contributed by atoms with Gasteiger partial charge in [0.25, 0.3) is 0 Å². The van der Waals surface area contributed by atoms with E-state index >= 15 is 0 Å². The summed E-state index contributed by atoms with van der Waals surface area (Å²) in [6.07, 6.45) is 4.68. The molecule has 0 saturated carbocycles. The molecule has 0 unspecified atom stereocenters. The fraction of sp³-hybridized carbons (Fsp3) is 0.100. The van der Waals surface area contributed by atoms with Crippen molar-refractivity contribution in [2.75, 3.05) is 6.54 Å². The fourth-order valence-electron chi connectivity index (χ4n) is 2.79. The lowest BCUT2D eigenvalue weighted by Crippen LogP contribution is -1.95. The maximum absolute atomic E-state index is 6.07. The smallest absolute Gasteiger partial charge is 0.194 e. The quantitative estimate of drug-likeness (QED) is 0.322. The summed E-state index contributed by atoms with van der Waals surface area (Å²) in [5.74, 6) is 0. The molecular weight excluding hydrogens is 421 g/mol. The highest BCUT2D eigenvalue weighted by Crippen LogP contribution is 2.27. The van der Waals surface area contributed by atoms with Gasteiger partial charge in [-0.1, -0.05) is 53.0 Å². The summed E-state index contributed by atoms with van der Waals surface area (Å²) in [4.78, 5) is 10.3. The van der Waals surface area contributed by atoms with Crippen molar-refractivity contribution in [1.82, 2.24) is 9.38 Å². The lowest BCUT2D eigenvalue weighted by atomic mass is 10.1. The molecular formula is C20H14Cl3N3S. The van der Waals surface area contributed by atoms with Gasteiger partial charge in [0.2, 0.25) is 0 Å². The van der Waals surface area contributed by atoms with Gasteiger partial charge in [-0.3, -0.25) is 9.39 Å². The van der Waals surface area contributed by atoms with Crippen LogP contribution in [-0.2, 0) is 6.42 Å². The Morgan fingerprint density at radius 3 is 2.63 bits per heavy atom. The number of aromatic nitrogens is 2. The molecule has 2 aromatic carbocycles. The first-order valence-corrected chi connectivity index (χ1v) is 10.3. The Morgan fingerprint density at radius 2 is 1.85 bits per heavy atom. The number of aliphatic imine (C=N–C) groups is 1. The van der Waals surface area contributed by atoms with Crippen LogP contribution >= 0.6 is 46.1 Å². The second-order valence-corrected chi connectivity index (χ2v) is 8.07. The second-order valence-electron chi connectivity index (χ2n) is 5.94. The van der Waals surface area contributed by atoms with Crippen LogP contribution in [0.2, 0.25) is 15.1 Å². The molecule has 0 radical (unpaired) electrons. The normalized spacial score (nSPS) is 11.7. The summed E-state index contributed by atoms with van der Waals surface area (Å²) in [6.45, 7) is 0.648. The van der Waals surface area contributed by atoms with Crippen LogP contribution in [0.4, 0.5) is 0 Å². The zero-order valence-electron chi connectivity index (χ0n) is 14.1. The molecule has 27 heavy (non-hydrogen) atoms. The molecule has 0 bridgehead atoms. The molecule has 7 heteroatoms. The van der Waals surface area contributed by atoms with Crippen molar-refractivity contribution in [3.8, 4) is 11.3 Å². The number of hydrogen-bond donors (Lipinski definition) is 0. The number of imidazole rings is 1. The second kappa shape index (κ2) is 8.03. The van der Waals surface area contributed by atoms with E-state index in [1.165, 1.54) is 0 Å². The molecule has 0 atom stereocenters. The molecule has 4 rings (SSSR count). The summed E-state index contributed by atoms with van der Waals surface area (Å²) >= 11 is 19.6. The van der Waals surface area contributed by atoms with Crippen molar-refractivity contribution in [2.24, 2.45) is 4.99 Å². The monoisotopic (exact) mass is 433 g/mol. The van der Waals surface area contributed by atoms with E-state index in [-0.39, 0.29) is 0 Å². The highest BCUT2D eigenvalue weighted by molar-refractivity contribution is 7.15. The number of hydrogen-bond acceptors (Lipinski definition) is 3. The standard InChI is InChI=1S/C20H14Cl3N3S/c21-15-4-2-14(3-5-15)19-18(26-9-10-27-20(26)25-19)12-24-8-7-13-1-6-16(22)17(23)11-13/h1-6,9-12H,7-8H2. The first-order chi connectivity index (χ1) is 13.1. The van der Waals surface area contributed by atoms with Crippen molar-refractivity contribution < 1.29 is 0 Å². The largest absolute Gasteiger partial charge is 0.291 e. The number of fused-ring (bicyclic) bond motifs is 1. The number of rotatable bonds is 5. The van der Waals surface area contributed by atoms with Crippen LogP contribution in [0.3, 0.4) is 0 Å². The predicted molar refractivity (Wildman–Crippen MR) is 116 cm³/mol. The summed E-state index contributed by atoms with van der Waals surface area (Å²) in [5, 5.41) is 3.85. The number of benzene rings is 2. The molecule has 0 saturated heterocycles. The molecule has 0 aliphatic heterocycles. The van der Waals surface area contributed by atoms with Crippen molar-refractivity contribution >= 4 is 57.3 Å². The Kier molecular flexibility index (Phi) is 5.50. The third kappa shape index (κ3) is 4.04. The summed E-state index contributed by atoms with van der Waals surface area (Å²) < 4.78 is 2.05. The predicted octanol–water partition coefficient (Wildman–Crippen LogP) is 6.68. The maximum Gasteiger partial charge on any atom is 0.194 e. The van der Waals surface area contributed by atoms with Gasteiger partial charge < -0.3 is 0 Å². The van der Waals surface area contributed by atoms with Crippen LogP contribution in [0.25, 0.3) is 16.2 Å². The molecule has 136 valence electrons. The SMILES string of the molecule is Clc1ccc(-c2nc3sccn3c2C=NCCc2ccc(Cl)c(Cl)c2)cc1. The zero-order chi connectivity index (χ0) is 18.8. The van der Waals surface area contributed by atoms with E-state index in [0.717, 1.165) is 33.9 Å². The molecule has 0 aliphatic carbocycles. The molecule has 3 nitrogen and oxygen atoms in total. The van der Waals surface area contributed by atoms with E-state index in [9.17, 15) is 0 Å². The molecule has 4 aromatic rings. The topological polar surface area (TPSA) is 29.7 Å². The average molecular weight is 435 g/mol. The molecule has 0 N–H and O–H groups in total. The molecule has 2 aromatic heterocycles. The van der Waals surface area contributed by atoms with Gasteiger partial charge >= 0.3 is 0 Å². The highest BCUT2D eigenvalue weighted by Gasteiger charge is 2.13. The molecule has 2 heterocycles. The Morgan fingerprint density at radius 1 is 1.04 bits per heavy atom. The van der Waals surface area contributed by atoms with Gasteiger partial charge in [-0.2, -0.15) is 0 Å². The first kappa shape index (κ1) is 18.5. The van der Waals surface area contributed by atoms with Gasteiger partial charge in [0.15, 0.2) is 4.96 Å². The van der Waals surface area contributed by atoms with E-state index in [2.05, 4.69) is 9.39 Å². The third-order valence-corrected chi connectivity index (χ3v) is 5.89. The van der Waals surface area contributed by atoms with E-state index in [1.807, 2.05) is 60.3 Å². The minimum absolute atomic E-state index is 0.565. The van der Waals surface area contributed by atoms with Crippen LogP contribution in [0.1, 0.15) is 11.3 Å². The van der Waals surface area contributed by atoms with Crippen LogP contribution in [0, 0.1) is 0 Å². The Bertz CT molecular complexity index is 1110. The van der Waals surface area contributed by atoms with Crippen LogP contribution in [-0.4, -0.2) is 22.1 Å². The maximum atomic E-state index is 6.07. The fourth-order valence-corrected chi connectivity index (χ4v) is 3.95. The minimum atomic E-state index is 0.565. The number of halogens is 3. The average Bonchev–Trinajstić information content (AvgIpc) is 3.24. The molecule has 0 amide bonds. The Hall–Kier alpha value is -1.85. The highest BCUT2D eigenvalue weighted by atomic mass is 35.5.